The maximum atomic E-state index is 11.6. The van der Waals surface area contributed by atoms with Crippen molar-refractivity contribution in [1.82, 2.24) is 4.72 Å². The van der Waals surface area contributed by atoms with E-state index in [1.54, 1.807) is 0 Å². The first-order chi connectivity index (χ1) is 7.04. The van der Waals surface area contributed by atoms with Gasteiger partial charge in [-0.05, 0) is 12.8 Å². The second-order valence-corrected chi connectivity index (χ2v) is 4.67. The minimum Gasteiger partial charge on any atom is -0.381 e. The number of carbonyl (C=O) groups is 1. The highest BCUT2D eigenvalue weighted by Crippen LogP contribution is 2.29. The first kappa shape index (κ1) is 14.6. The van der Waals surface area contributed by atoms with Gasteiger partial charge in [0, 0.05) is 19.5 Å². The van der Waals surface area contributed by atoms with Crippen molar-refractivity contribution >= 4 is 16.9 Å². The van der Waals surface area contributed by atoms with Crippen LogP contribution in [-0.4, -0.2) is 29.6 Å². The number of carbonyl (C=O) groups excluding carboxylic acids is 1. The highest BCUT2D eigenvalue weighted by molar-refractivity contribution is 7.82. The molecular weight excluding hydrogens is 214 g/mol. The van der Waals surface area contributed by atoms with Crippen LogP contribution in [0, 0.1) is 5.41 Å². The predicted molar refractivity (Wildman–Crippen MR) is 61.7 cm³/mol. The van der Waals surface area contributed by atoms with Gasteiger partial charge in [-0.3, -0.25) is 9.52 Å². The smallest absolute Gasteiger partial charge is 0.237 e. The van der Waals surface area contributed by atoms with E-state index in [1.165, 1.54) is 6.26 Å². The standard InChI is InChI=1S/C8H15NO3S.C2H6/c1-8(3-5-12-6-4-8)7(10)9-13(2)11;1-2/h3-6H2,1-2H3,(H,9,10);1-2H3. The first-order valence-corrected chi connectivity index (χ1v) is 6.83. The van der Waals surface area contributed by atoms with Crippen molar-refractivity contribution in [2.75, 3.05) is 19.5 Å². The monoisotopic (exact) mass is 235 g/mol. The van der Waals surface area contributed by atoms with Crippen LogP contribution in [0.25, 0.3) is 0 Å². The Labute approximate surface area is 94.4 Å². The fourth-order valence-electron chi connectivity index (χ4n) is 1.30. The van der Waals surface area contributed by atoms with Gasteiger partial charge in [-0.15, -0.1) is 0 Å². The summed E-state index contributed by atoms with van der Waals surface area (Å²) in [4.78, 5) is 11.6. The van der Waals surface area contributed by atoms with E-state index >= 15 is 0 Å². The molecule has 15 heavy (non-hydrogen) atoms. The maximum Gasteiger partial charge on any atom is 0.237 e. The zero-order valence-electron chi connectivity index (χ0n) is 9.96. The van der Waals surface area contributed by atoms with Crippen LogP contribution in [0.5, 0.6) is 0 Å². The van der Waals surface area contributed by atoms with Gasteiger partial charge < -0.3 is 4.74 Å². The van der Waals surface area contributed by atoms with Crippen molar-refractivity contribution in [3.8, 4) is 0 Å². The van der Waals surface area contributed by atoms with E-state index in [-0.39, 0.29) is 5.91 Å². The Kier molecular flexibility index (Phi) is 6.76. The van der Waals surface area contributed by atoms with E-state index in [2.05, 4.69) is 4.72 Å². The normalized spacial score (nSPS) is 20.8. The highest BCUT2D eigenvalue weighted by Gasteiger charge is 2.35. The van der Waals surface area contributed by atoms with E-state index in [4.69, 9.17) is 4.74 Å². The van der Waals surface area contributed by atoms with E-state index in [1.807, 2.05) is 20.8 Å². The zero-order valence-corrected chi connectivity index (χ0v) is 10.8. The SMILES string of the molecule is CC.CS(=O)NC(=O)C1(C)CCOCC1. The molecule has 4 nitrogen and oxygen atoms in total. The van der Waals surface area contributed by atoms with Crippen molar-refractivity contribution in [2.24, 2.45) is 5.41 Å². The molecule has 1 unspecified atom stereocenters. The molecule has 1 N–H and O–H groups in total. The molecule has 5 heteroatoms. The van der Waals surface area contributed by atoms with Crippen molar-refractivity contribution in [2.45, 2.75) is 33.6 Å². The van der Waals surface area contributed by atoms with Crippen molar-refractivity contribution in [3.05, 3.63) is 0 Å². The lowest BCUT2D eigenvalue weighted by molar-refractivity contribution is -0.133. The van der Waals surface area contributed by atoms with Crippen LogP contribution in [0.15, 0.2) is 0 Å². The molecule has 0 radical (unpaired) electrons. The molecule has 0 aromatic heterocycles. The number of hydrogen-bond acceptors (Lipinski definition) is 3. The molecule has 1 amide bonds. The molecular formula is C10H21NO3S. The van der Waals surface area contributed by atoms with E-state index in [9.17, 15) is 9.00 Å². The van der Waals surface area contributed by atoms with Crippen LogP contribution in [0.3, 0.4) is 0 Å². The Balaban J connectivity index is 0.000000921. The summed E-state index contributed by atoms with van der Waals surface area (Å²) in [6.07, 6.45) is 2.87. The Morgan fingerprint density at radius 2 is 1.80 bits per heavy atom. The van der Waals surface area contributed by atoms with Gasteiger partial charge in [-0.1, -0.05) is 20.8 Å². The summed E-state index contributed by atoms with van der Waals surface area (Å²) in [5, 5.41) is 0. The van der Waals surface area contributed by atoms with Gasteiger partial charge in [0.1, 0.15) is 11.0 Å². The molecule has 0 spiro atoms. The molecule has 1 saturated heterocycles. The molecule has 0 bridgehead atoms. The second-order valence-electron chi connectivity index (χ2n) is 3.56. The van der Waals surface area contributed by atoms with E-state index < -0.39 is 16.4 Å². The lowest BCUT2D eigenvalue weighted by Crippen LogP contribution is -2.42. The van der Waals surface area contributed by atoms with Gasteiger partial charge in [0.25, 0.3) is 0 Å². The van der Waals surface area contributed by atoms with Gasteiger partial charge in [0.2, 0.25) is 5.91 Å². The van der Waals surface area contributed by atoms with Crippen LogP contribution < -0.4 is 4.72 Å². The van der Waals surface area contributed by atoms with Crippen molar-refractivity contribution in [3.63, 3.8) is 0 Å². The lowest BCUT2D eigenvalue weighted by atomic mass is 9.82. The fraction of sp³-hybridized carbons (Fsp3) is 0.900. The van der Waals surface area contributed by atoms with Gasteiger partial charge >= 0.3 is 0 Å². The average molecular weight is 235 g/mol. The number of ether oxygens (including phenoxy) is 1. The third-order valence-corrected chi connectivity index (χ3v) is 2.85. The lowest BCUT2D eigenvalue weighted by Gasteiger charge is -2.31. The maximum absolute atomic E-state index is 11.6. The van der Waals surface area contributed by atoms with Gasteiger partial charge in [-0.25, -0.2) is 4.21 Å². The Morgan fingerprint density at radius 1 is 1.33 bits per heavy atom. The summed E-state index contributed by atoms with van der Waals surface area (Å²) < 4.78 is 18.4. The highest BCUT2D eigenvalue weighted by atomic mass is 32.2. The topological polar surface area (TPSA) is 55.4 Å². The Hall–Kier alpha value is -0.420. The summed E-state index contributed by atoms with van der Waals surface area (Å²) in [7, 11) is -1.26. The van der Waals surface area contributed by atoms with E-state index in [0.29, 0.717) is 26.1 Å². The van der Waals surface area contributed by atoms with Crippen LogP contribution in [0.4, 0.5) is 0 Å². The van der Waals surface area contributed by atoms with Crippen LogP contribution >= 0.6 is 0 Å². The fourth-order valence-corrected chi connectivity index (χ4v) is 1.81. The predicted octanol–water partition coefficient (Wildman–Crippen LogP) is 1.24. The van der Waals surface area contributed by atoms with E-state index in [0.717, 1.165) is 0 Å². The summed E-state index contributed by atoms with van der Waals surface area (Å²) in [6, 6.07) is 0. The molecule has 0 aromatic rings. The molecule has 90 valence electrons. The van der Waals surface area contributed by atoms with Crippen LogP contribution in [-0.2, 0) is 20.5 Å². The third kappa shape index (κ3) is 4.75. The third-order valence-electron chi connectivity index (χ3n) is 2.38. The molecule has 1 rings (SSSR count). The summed E-state index contributed by atoms with van der Waals surface area (Å²) in [5.41, 5.74) is -0.399. The molecule has 1 aliphatic rings. The zero-order chi connectivity index (χ0) is 11.9. The van der Waals surface area contributed by atoms with Gasteiger partial charge in [0.05, 0.1) is 5.41 Å². The molecule has 0 aromatic carbocycles. The number of nitrogens with one attached hydrogen (secondary N) is 1. The summed E-state index contributed by atoms with van der Waals surface area (Å²) in [6.45, 7) is 7.11. The summed E-state index contributed by atoms with van der Waals surface area (Å²) >= 11 is 0. The minimum absolute atomic E-state index is 0.128. The molecule has 1 fully saturated rings. The average Bonchev–Trinajstić information content (AvgIpc) is 2.21. The largest absolute Gasteiger partial charge is 0.381 e. The van der Waals surface area contributed by atoms with Crippen LogP contribution in [0.2, 0.25) is 0 Å². The molecule has 1 heterocycles. The quantitative estimate of drug-likeness (QED) is 0.783. The van der Waals surface area contributed by atoms with Gasteiger partial charge in [-0.2, -0.15) is 0 Å². The van der Waals surface area contributed by atoms with Crippen molar-refractivity contribution in [1.29, 1.82) is 0 Å². The van der Waals surface area contributed by atoms with Crippen LogP contribution in [0.1, 0.15) is 33.6 Å². The summed E-state index contributed by atoms with van der Waals surface area (Å²) in [5.74, 6) is -0.128. The minimum atomic E-state index is -1.26. The molecule has 1 atom stereocenters. The Morgan fingerprint density at radius 3 is 2.20 bits per heavy atom. The molecule has 0 saturated carbocycles. The van der Waals surface area contributed by atoms with Gasteiger partial charge in [0.15, 0.2) is 0 Å². The number of rotatable bonds is 2. The number of amides is 1. The molecule has 0 aliphatic carbocycles. The molecule has 1 aliphatic heterocycles. The van der Waals surface area contributed by atoms with Crippen molar-refractivity contribution < 1.29 is 13.7 Å². The Bertz CT molecular complexity index is 225. The first-order valence-electron chi connectivity index (χ1n) is 5.27. The number of hydrogen-bond donors (Lipinski definition) is 1. The second kappa shape index (κ2) is 6.95.